The highest BCUT2D eigenvalue weighted by molar-refractivity contribution is 4.83. The molecule has 0 rings (SSSR count). The van der Waals surface area contributed by atoms with Crippen molar-refractivity contribution >= 4 is 0 Å². The first kappa shape index (κ1) is 18.0. The molecule has 0 fully saturated rings. The van der Waals surface area contributed by atoms with Crippen molar-refractivity contribution in [3.63, 3.8) is 0 Å². The molecule has 0 N–H and O–H groups in total. The summed E-state index contributed by atoms with van der Waals surface area (Å²) in [4.78, 5) is 0. The molecule has 0 aromatic rings. The molecule has 0 amide bonds. The Kier molecular flexibility index (Phi) is 13.4. The molecular formula is C18H37. The van der Waals surface area contributed by atoms with Crippen molar-refractivity contribution in [2.75, 3.05) is 0 Å². The number of unbranched alkanes of at least 4 members (excludes halogenated alkanes) is 4. The highest BCUT2D eigenvalue weighted by atomic mass is 14.2. The number of rotatable bonds is 13. The third-order valence-electron chi connectivity index (χ3n) is 4.09. The number of hydrogen-bond acceptors (Lipinski definition) is 0. The predicted octanol–water partition coefficient (Wildman–Crippen LogP) is 6.79. The fourth-order valence-electron chi connectivity index (χ4n) is 2.83. The van der Waals surface area contributed by atoms with Crippen LogP contribution in [-0.2, 0) is 0 Å². The topological polar surface area (TPSA) is 0 Å². The summed E-state index contributed by atoms with van der Waals surface area (Å²) in [7, 11) is 0. The van der Waals surface area contributed by atoms with Gasteiger partial charge in [0.05, 0.1) is 0 Å². The van der Waals surface area contributed by atoms with Crippen LogP contribution in [0.2, 0.25) is 0 Å². The van der Waals surface area contributed by atoms with E-state index >= 15 is 0 Å². The van der Waals surface area contributed by atoms with Gasteiger partial charge in [0, 0.05) is 0 Å². The molecule has 0 aliphatic rings. The lowest BCUT2D eigenvalue weighted by atomic mass is 9.84. The van der Waals surface area contributed by atoms with E-state index in [4.69, 9.17) is 0 Å². The molecule has 2 unspecified atom stereocenters. The molecule has 0 heterocycles. The predicted molar refractivity (Wildman–Crippen MR) is 84.8 cm³/mol. The normalized spacial score (nSPS) is 14.7. The summed E-state index contributed by atoms with van der Waals surface area (Å²) in [6.07, 6.45) is 18.1. The van der Waals surface area contributed by atoms with Gasteiger partial charge in [0.25, 0.3) is 0 Å². The fourth-order valence-corrected chi connectivity index (χ4v) is 2.83. The van der Waals surface area contributed by atoms with Gasteiger partial charge in [0.1, 0.15) is 0 Å². The van der Waals surface area contributed by atoms with Crippen molar-refractivity contribution in [1.29, 1.82) is 0 Å². The average Bonchev–Trinajstić information content (AvgIpc) is 2.39. The van der Waals surface area contributed by atoms with Crippen molar-refractivity contribution in [2.45, 2.75) is 98.3 Å². The summed E-state index contributed by atoms with van der Waals surface area (Å²) < 4.78 is 0. The van der Waals surface area contributed by atoms with Crippen LogP contribution in [-0.4, -0.2) is 0 Å². The van der Waals surface area contributed by atoms with Crippen LogP contribution in [0, 0.1) is 18.3 Å². The monoisotopic (exact) mass is 253 g/mol. The van der Waals surface area contributed by atoms with Crippen LogP contribution in [0.1, 0.15) is 98.3 Å². The Morgan fingerprint density at radius 1 is 0.611 bits per heavy atom. The van der Waals surface area contributed by atoms with Crippen molar-refractivity contribution in [1.82, 2.24) is 0 Å². The summed E-state index contributed by atoms with van der Waals surface area (Å²) in [5, 5.41) is 0. The van der Waals surface area contributed by atoms with Gasteiger partial charge in [-0.1, -0.05) is 98.3 Å². The first-order valence-corrected chi connectivity index (χ1v) is 8.63. The van der Waals surface area contributed by atoms with Gasteiger partial charge in [-0.05, 0) is 18.3 Å². The Hall–Kier alpha value is 0. The Labute approximate surface area is 117 Å². The van der Waals surface area contributed by atoms with E-state index in [-0.39, 0.29) is 0 Å². The van der Waals surface area contributed by atoms with Crippen LogP contribution >= 0.6 is 0 Å². The third kappa shape index (κ3) is 9.97. The average molecular weight is 253 g/mol. The maximum Gasteiger partial charge on any atom is -0.0324 e. The smallest absolute Gasteiger partial charge is 0.0324 e. The Morgan fingerprint density at radius 3 is 1.83 bits per heavy atom. The van der Waals surface area contributed by atoms with Crippen molar-refractivity contribution in [2.24, 2.45) is 11.8 Å². The minimum atomic E-state index is 0.885. The van der Waals surface area contributed by atoms with Crippen LogP contribution in [0.3, 0.4) is 0 Å². The zero-order valence-corrected chi connectivity index (χ0v) is 13.5. The molecule has 0 spiro atoms. The molecule has 0 aromatic heterocycles. The lowest BCUT2D eigenvalue weighted by Crippen LogP contribution is -2.10. The van der Waals surface area contributed by atoms with Gasteiger partial charge in [-0.2, -0.15) is 0 Å². The molecule has 2 atom stereocenters. The summed E-state index contributed by atoms with van der Waals surface area (Å²) in [5.74, 6) is 1.78. The molecule has 0 aliphatic carbocycles. The molecule has 0 nitrogen and oxygen atoms in total. The van der Waals surface area contributed by atoms with E-state index in [1.807, 2.05) is 0 Å². The Balaban J connectivity index is 3.87. The third-order valence-corrected chi connectivity index (χ3v) is 4.09. The number of hydrogen-bond donors (Lipinski definition) is 0. The minimum absolute atomic E-state index is 0.885. The van der Waals surface area contributed by atoms with E-state index in [1.165, 1.54) is 70.6 Å². The lowest BCUT2D eigenvalue weighted by Gasteiger charge is -2.22. The van der Waals surface area contributed by atoms with Crippen molar-refractivity contribution in [3.8, 4) is 0 Å². The zero-order valence-electron chi connectivity index (χ0n) is 13.5. The van der Waals surface area contributed by atoms with Crippen molar-refractivity contribution < 1.29 is 0 Å². The molecule has 0 aliphatic heterocycles. The second-order valence-electron chi connectivity index (χ2n) is 5.90. The molecule has 18 heavy (non-hydrogen) atoms. The Bertz CT molecular complexity index is 150. The largest absolute Gasteiger partial charge is 0.0654 e. The van der Waals surface area contributed by atoms with Crippen LogP contribution in [0.5, 0.6) is 0 Å². The first-order valence-electron chi connectivity index (χ1n) is 8.63. The first-order chi connectivity index (χ1) is 8.78. The highest BCUT2D eigenvalue weighted by Gasteiger charge is 2.14. The van der Waals surface area contributed by atoms with Gasteiger partial charge in [-0.3, -0.25) is 0 Å². The van der Waals surface area contributed by atoms with E-state index in [2.05, 4.69) is 34.1 Å². The fraction of sp³-hybridized carbons (Fsp3) is 0.944. The van der Waals surface area contributed by atoms with E-state index in [0.29, 0.717) is 0 Å². The van der Waals surface area contributed by atoms with Gasteiger partial charge >= 0.3 is 0 Å². The summed E-state index contributed by atoms with van der Waals surface area (Å²) >= 11 is 0. The second kappa shape index (κ2) is 13.4. The van der Waals surface area contributed by atoms with Gasteiger partial charge < -0.3 is 0 Å². The zero-order chi connectivity index (χ0) is 13.6. The summed E-state index contributed by atoms with van der Waals surface area (Å²) in [6, 6.07) is 0. The molecule has 0 aromatic carbocycles. The maximum absolute atomic E-state index is 2.71. The van der Waals surface area contributed by atoms with Crippen molar-refractivity contribution in [3.05, 3.63) is 6.42 Å². The van der Waals surface area contributed by atoms with Gasteiger partial charge in [-0.25, -0.2) is 0 Å². The van der Waals surface area contributed by atoms with Crippen LogP contribution in [0.4, 0.5) is 0 Å². The summed E-state index contributed by atoms with van der Waals surface area (Å²) in [6.45, 7) is 9.30. The van der Waals surface area contributed by atoms with E-state index in [0.717, 1.165) is 11.8 Å². The molecule has 0 saturated heterocycles. The van der Waals surface area contributed by atoms with Gasteiger partial charge in [-0.15, -0.1) is 0 Å². The highest BCUT2D eigenvalue weighted by Crippen LogP contribution is 2.27. The molecule has 109 valence electrons. The standard InChI is InChI=1S/C18H37/c1-5-9-11-12-15-17(8-4)16-18(13-7-3)14-10-6-2/h16-18H,5-15H2,1-4H3. The summed E-state index contributed by atoms with van der Waals surface area (Å²) in [5.41, 5.74) is 0. The SMILES string of the molecule is CCCCCCC([CH]C(CCC)CCCC)CC. The molecule has 0 saturated carbocycles. The van der Waals surface area contributed by atoms with Crippen LogP contribution < -0.4 is 0 Å². The molecule has 1 radical (unpaired) electrons. The quantitative estimate of drug-likeness (QED) is 0.317. The molecule has 0 bridgehead atoms. The lowest BCUT2D eigenvalue weighted by molar-refractivity contribution is 0.393. The maximum atomic E-state index is 2.71. The van der Waals surface area contributed by atoms with Crippen LogP contribution in [0.25, 0.3) is 0 Å². The minimum Gasteiger partial charge on any atom is -0.0654 e. The molecule has 0 heteroatoms. The second-order valence-corrected chi connectivity index (χ2v) is 5.90. The van der Waals surface area contributed by atoms with E-state index < -0.39 is 0 Å². The Morgan fingerprint density at radius 2 is 1.28 bits per heavy atom. The van der Waals surface area contributed by atoms with Crippen LogP contribution in [0.15, 0.2) is 0 Å². The van der Waals surface area contributed by atoms with Gasteiger partial charge in [0.15, 0.2) is 0 Å². The van der Waals surface area contributed by atoms with E-state index in [9.17, 15) is 0 Å². The van der Waals surface area contributed by atoms with Gasteiger partial charge in [0.2, 0.25) is 0 Å². The molecular weight excluding hydrogens is 216 g/mol. The van der Waals surface area contributed by atoms with E-state index in [1.54, 1.807) is 0 Å².